The molecule has 1 rings (SSSR count). The summed E-state index contributed by atoms with van der Waals surface area (Å²) in [5, 5.41) is 0. The third kappa shape index (κ3) is 7.35. The van der Waals surface area contributed by atoms with E-state index in [-0.39, 0.29) is 18.1 Å². The molecule has 0 bridgehead atoms. The van der Waals surface area contributed by atoms with Crippen molar-refractivity contribution in [1.82, 2.24) is 0 Å². The molecule has 0 N–H and O–H groups in total. The first-order valence-corrected chi connectivity index (χ1v) is 7.98. The van der Waals surface area contributed by atoms with Gasteiger partial charge in [-0.05, 0) is 12.1 Å². The topological polar surface area (TPSA) is 114 Å². The quantitative estimate of drug-likeness (QED) is 0.376. The first kappa shape index (κ1) is 21.9. The molecule has 0 amide bonds. The zero-order chi connectivity index (χ0) is 20.6. The minimum Gasteiger partial charge on any atom is -0.493 e. The van der Waals surface area contributed by atoms with E-state index in [1.807, 2.05) is 0 Å². The Balaban J connectivity index is 3.29. The van der Waals surface area contributed by atoms with E-state index in [0.29, 0.717) is 5.56 Å². The van der Waals surface area contributed by atoms with Gasteiger partial charge in [-0.25, -0.2) is 0 Å². The smallest absolute Gasteiger partial charge is 0.308 e. The fraction of sp³-hybridized carbons (Fsp3) is 0.444. The summed E-state index contributed by atoms with van der Waals surface area (Å²) in [6.07, 6.45) is -2.16. The molecule has 27 heavy (non-hydrogen) atoms. The summed E-state index contributed by atoms with van der Waals surface area (Å²) < 4.78 is 25.6. The summed E-state index contributed by atoms with van der Waals surface area (Å²) in [5.74, 6) is -2.04. The average Bonchev–Trinajstić information content (AvgIpc) is 2.56. The molecular formula is C18H22O9. The van der Waals surface area contributed by atoms with Crippen LogP contribution in [0.5, 0.6) is 11.5 Å². The molecule has 0 radical (unpaired) electrons. The number of methoxy groups -OCH3 is 1. The van der Waals surface area contributed by atoms with Crippen LogP contribution in [-0.2, 0) is 33.4 Å². The van der Waals surface area contributed by atoms with E-state index in [4.69, 9.17) is 23.7 Å². The van der Waals surface area contributed by atoms with Crippen molar-refractivity contribution in [2.45, 2.75) is 39.9 Å². The molecule has 9 nitrogen and oxygen atoms in total. The minimum atomic E-state index is -1.08. The first-order valence-electron chi connectivity index (χ1n) is 7.98. The maximum absolute atomic E-state index is 11.6. The second-order valence-corrected chi connectivity index (χ2v) is 5.48. The molecule has 0 unspecified atom stereocenters. The fourth-order valence-electron chi connectivity index (χ4n) is 2.23. The van der Waals surface area contributed by atoms with Gasteiger partial charge in [0.05, 0.1) is 7.11 Å². The van der Waals surface area contributed by atoms with Crippen molar-refractivity contribution in [3.05, 3.63) is 23.8 Å². The van der Waals surface area contributed by atoms with E-state index < -0.39 is 36.1 Å². The maximum atomic E-state index is 11.6. The predicted molar refractivity (Wildman–Crippen MR) is 91.0 cm³/mol. The molecule has 148 valence electrons. The molecule has 1 aromatic rings. The number of ether oxygens (including phenoxy) is 5. The molecule has 0 saturated carbocycles. The highest BCUT2D eigenvalue weighted by molar-refractivity contribution is 5.71. The molecule has 2 atom stereocenters. The van der Waals surface area contributed by atoms with E-state index in [1.165, 1.54) is 53.0 Å². The highest BCUT2D eigenvalue weighted by Gasteiger charge is 2.31. The van der Waals surface area contributed by atoms with Gasteiger partial charge in [0, 0.05) is 33.3 Å². The molecule has 0 aromatic heterocycles. The summed E-state index contributed by atoms with van der Waals surface area (Å²) in [4.78, 5) is 45.3. The van der Waals surface area contributed by atoms with Crippen LogP contribution in [0.15, 0.2) is 18.2 Å². The van der Waals surface area contributed by atoms with Crippen molar-refractivity contribution in [2.24, 2.45) is 0 Å². The van der Waals surface area contributed by atoms with Gasteiger partial charge in [-0.1, -0.05) is 6.07 Å². The molecule has 0 saturated heterocycles. The van der Waals surface area contributed by atoms with Gasteiger partial charge in [0.15, 0.2) is 23.7 Å². The van der Waals surface area contributed by atoms with Crippen LogP contribution in [0.2, 0.25) is 0 Å². The summed E-state index contributed by atoms with van der Waals surface area (Å²) in [5.41, 5.74) is 0.386. The Kier molecular flexibility index (Phi) is 8.25. The molecule has 0 aliphatic heterocycles. The highest BCUT2D eigenvalue weighted by atomic mass is 16.6. The van der Waals surface area contributed by atoms with Gasteiger partial charge >= 0.3 is 23.9 Å². The van der Waals surface area contributed by atoms with Crippen LogP contribution in [0.4, 0.5) is 0 Å². The van der Waals surface area contributed by atoms with Crippen LogP contribution in [0.3, 0.4) is 0 Å². The number of carbonyl (C=O) groups excluding carboxylic acids is 4. The Bertz CT molecular complexity index is 711. The van der Waals surface area contributed by atoms with Crippen molar-refractivity contribution in [3.63, 3.8) is 0 Å². The highest BCUT2D eigenvalue weighted by Crippen LogP contribution is 2.33. The Morgan fingerprint density at radius 3 is 1.96 bits per heavy atom. The summed E-state index contributed by atoms with van der Waals surface area (Å²) in [7, 11) is 1.37. The van der Waals surface area contributed by atoms with Crippen LogP contribution in [0.25, 0.3) is 0 Å². The summed E-state index contributed by atoms with van der Waals surface area (Å²) in [6.45, 7) is 4.48. The van der Waals surface area contributed by atoms with Gasteiger partial charge in [0.2, 0.25) is 0 Å². The number of hydrogen-bond acceptors (Lipinski definition) is 9. The van der Waals surface area contributed by atoms with Crippen molar-refractivity contribution in [2.75, 3.05) is 13.7 Å². The fourth-order valence-corrected chi connectivity index (χ4v) is 2.23. The molecular weight excluding hydrogens is 360 g/mol. The molecule has 0 heterocycles. The monoisotopic (exact) mass is 382 g/mol. The normalized spacial score (nSPS) is 12.3. The lowest BCUT2D eigenvalue weighted by molar-refractivity contribution is -0.173. The van der Waals surface area contributed by atoms with E-state index >= 15 is 0 Å². The van der Waals surface area contributed by atoms with Gasteiger partial charge in [-0.15, -0.1) is 0 Å². The summed E-state index contributed by atoms with van der Waals surface area (Å²) in [6, 6.07) is 4.43. The number of carbonyl (C=O) groups is 4. The van der Waals surface area contributed by atoms with Crippen LogP contribution >= 0.6 is 0 Å². The average molecular weight is 382 g/mol. The predicted octanol–water partition coefficient (Wildman–Crippen LogP) is 1.72. The second-order valence-electron chi connectivity index (χ2n) is 5.48. The molecule has 1 aromatic carbocycles. The molecule has 0 fully saturated rings. The van der Waals surface area contributed by atoms with Gasteiger partial charge in [-0.3, -0.25) is 19.2 Å². The lowest BCUT2D eigenvalue weighted by atomic mass is 10.0. The van der Waals surface area contributed by atoms with Crippen molar-refractivity contribution >= 4 is 23.9 Å². The second kappa shape index (κ2) is 10.1. The third-order valence-electron chi connectivity index (χ3n) is 3.17. The van der Waals surface area contributed by atoms with Crippen molar-refractivity contribution in [1.29, 1.82) is 0 Å². The number of benzene rings is 1. The lowest BCUT2D eigenvalue weighted by Gasteiger charge is -2.26. The largest absolute Gasteiger partial charge is 0.493 e. The number of esters is 4. The van der Waals surface area contributed by atoms with Crippen LogP contribution in [0.1, 0.15) is 39.4 Å². The van der Waals surface area contributed by atoms with Crippen LogP contribution in [0, 0.1) is 0 Å². The van der Waals surface area contributed by atoms with Gasteiger partial charge in [-0.2, -0.15) is 0 Å². The van der Waals surface area contributed by atoms with Crippen LogP contribution in [-0.4, -0.2) is 43.7 Å². The van der Waals surface area contributed by atoms with Gasteiger partial charge in [0.1, 0.15) is 6.61 Å². The summed E-state index contributed by atoms with van der Waals surface area (Å²) >= 11 is 0. The van der Waals surface area contributed by atoms with Crippen molar-refractivity contribution < 1.29 is 42.9 Å². The Labute approximate surface area is 156 Å². The zero-order valence-corrected chi connectivity index (χ0v) is 15.8. The SMILES string of the molecule is COc1cc([C@@H](OC(C)=O)[C@@H](COC(C)=O)OC(C)=O)ccc1OC(C)=O. The van der Waals surface area contributed by atoms with E-state index in [0.717, 1.165) is 0 Å². The van der Waals surface area contributed by atoms with Gasteiger partial charge in [0.25, 0.3) is 0 Å². The molecule has 0 aliphatic rings. The molecule has 9 heteroatoms. The minimum absolute atomic E-state index is 0.166. The zero-order valence-electron chi connectivity index (χ0n) is 15.8. The van der Waals surface area contributed by atoms with E-state index in [9.17, 15) is 19.2 Å². The third-order valence-corrected chi connectivity index (χ3v) is 3.17. The van der Waals surface area contributed by atoms with E-state index in [1.54, 1.807) is 0 Å². The maximum Gasteiger partial charge on any atom is 0.308 e. The Morgan fingerprint density at radius 1 is 0.852 bits per heavy atom. The van der Waals surface area contributed by atoms with Crippen molar-refractivity contribution in [3.8, 4) is 11.5 Å². The van der Waals surface area contributed by atoms with Crippen LogP contribution < -0.4 is 9.47 Å². The van der Waals surface area contributed by atoms with Gasteiger partial charge < -0.3 is 23.7 Å². The Morgan fingerprint density at radius 2 is 1.48 bits per heavy atom. The Hall–Kier alpha value is -3.10. The first-order chi connectivity index (χ1) is 12.6. The standard InChI is InChI=1S/C18H22O9/c1-10(19)24-9-17(26-12(3)21)18(27-13(4)22)14-6-7-15(25-11(2)20)16(8-14)23-5/h6-8,17-18H,9H2,1-5H3/t17-,18-/m1/s1. The number of rotatable bonds is 8. The number of hydrogen-bond donors (Lipinski definition) is 0. The molecule has 0 aliphatic carbocycles. The van der Waals surface area contributed by atoms with E-state index in [2.05, 4.69) is 0 Å². The lowest BCUT2D eigenvalue weighted by Crippen LogP contribution is -2.32. The molecule has 0 spiro atoms.